The quantitative estimate of drug-likeness (QED) is 0.811. The largest absolute Gasteiger partial charge is 0.493 e. The number of ether oxygens (including phenoxy) is 2. The summed E-state index contributed by atoms with van der Waals surface area (Å²) in [6.45, 7) is 6.88. The molecule has 0 saturated heterocycles. The van der Waals surface area contributed by atoms with Crippen molar-refractivity contribution in [3.63, 3.8) is 0 Å². The van der Waals surface area contributed by atoms with Crippen molar-refractivity contribution in [2.75, 3.05) is 14.2 Å². The average Bonchev–Trinajstić information content (AvgIpc) is 2.91. The maximum Gasteiger partial charge on any atom is 0.271 e. The van der Waals surface area contributed by atoms with Gasteiger partial charge in [-0.15, -0.1) is 0 Å². The van der Waals surface area contributed by atoms with Crippen LogP contribution in [0.1, 0.15) is 50.4 Å². The van der Waals surface area contributed by atoms with E-state index in [1.165, 1.54) is 20.6 Å². The Morgan fingerprint density at radius 3 is 2.52 bits per heavy atom. The summed E-state index contributed by atoms with van der Waals surface area (Å²) in [6, 6.07) is 3.16. The van der Waals surface area contributed by atoms with Crippen molar-refractivity contribution in [2.45, 2.75) is 40.0 Å². The summed E-state index contributed by atoms with van der Waals surface area (Å²) in [5.41, 5.74) is 4.46. The van der Waals surface area contributed by atoms with Crippen molar-refractivity contribution in [3.8, 4) is 11.5 Å². The molecule has 5 nitrogen and oxygen atoms in total. The summed E-state index contributed by atoms with van der Waals surface area (Å²) >= 11 is 6.17. The van der Waals surface area contributed by atoms with E-state index in [1.807, 2.05) is 0 Å². The molecule has 1 amide bonds. The smallest absolute Gasteiger partial charge is 0.271 e. The van der Waals surface area contributed by atoms with Crippen molar-refractivity contribution in [3.05, 3.63) is 22.7 Å². The van der Waals surface area contributed by atoms with Crippen LogP contribution in [0.25, 0.3) is 0 Å². The summed E-state index contributed by atoms with van der Waals surface area (Å²) in [6.07, 6.45) is 3.32. The zero-order chi connectivity index (χ0) is 18.4. The highest BCUT2D eigenvalue weighted by molar-refractivity contribution is 6.32. The minimum absolute atomic E-state index is 0.0557. The van der Waals surface area contributed by atoms with E-state index in [-0.39, 0.29) is 16.7 Å². The summed E-state index contributed by atoms with van der Waals surface area (Å²) < 4.78 is 10.4. The normalized spacial score (nSPS) is 28.2. The first kappa shape index (κ1) is 18.1. The van der Waals surface area contributed by atoms with Crippen LogP contribution in [0.2, 0.25) is 5.02 Å². The number of nitrogens with zero attached hydrogens (tertiary/aromatic N) is 1. The molecule has 2 aliphatic rings. The van der Waals surface area contributed by atoms with Gasteiger partial charge >= 0.3 is 0 Å². The zero-order valence-electron chi connectivity index (χ0n) is 15.4. The fourth-order valence-electron chi connectivity index (χ4n) is 4.33. The Morgan fingerprint density at radius 1 is 1.28 bits per heavy atom. The number of hydrazone groups is 1. The highest BCUT2D eigenvalue weighted by atomic mass is 35.5. The van der Waals surface area contributed by atoms with Gasteiger partial charge < -0.3 is 9.47 Å². The number of fused-ring (bicyclic) bond motifs is 2. The van der Waals surface area contributed by atoms with Crippen molar-refractivity contribution in [1.82, 2.24) is 5.43 Å². The number of hydrogen-bond donors (Lipinski definition) is 1. The van der Waals surface area contributed by atoms with E-state index in [1.54, 1.807) is 12.1 Å². The molecule has 2 bridgehead atoms. The first-order chi connectivity index (χ1) is 11.7. The molecule has 0 radical (unpaired) electrons. The second-order valence-corrected chi connectivity index (χ2v) is 8.09. The number of carbonyl (C=O) groups is 1. The summed E-state index contributed by atoms with van der Waals surface area (Å²) in [5.74, 6) is 1.17. The SMILES string of the molecule is COc1cc(C(=O)N/N=C2/C[C@@H]3CC[C@@]2(C)C3(C)C)cc(Cl)c1OC. The standard InChI is InChI=1S/C19H25ClN2O3/c1-18(2)12-6-7-19(18,3)15(10-12)21-22-17(23)11-8-13(20)16(25-5)14(9-11)24-4/h8-9,12H,6-7,10H2,1-5H3,(H,22,23)/b21-15-/t12-,19+/m0/s1. The Morgan fingerprint density at radius 2 is 2.00 bits per heavy atom. The molecular formula is C19H25ClN2O3. The number of carbonyl (C=O) groups excluding carboxylic acids is 1. The van der Waals surface area contributed by atoms with Crippen LogP contribution in [0.3, 0.4) is 0 Å². The van der Waals surface area contributed by atoms with Crippen LogP contribution in [0.4, 0.5) is 0 Å². The van der Waals surface area contributed by atoms with E-state index in [2.05, 4.69) is 31.3 Å². The number of benzene rings is 1. The van der Waals surface area contributed by atoms with Crippen molar-refractivity contribution in [1.29, 1.82) is 0 Å². The molecule has 6 heteroatoms. The summed E-state index contributed by atoms with van der Waals surface area (Å²) in [7, 11) is 3.02. The molecule has 1 N–H and O–H groups in total. The first-order valence-electron chi connectivity index (χ1n) is 8.53. The molecule has 0 aliphatic heterocycles. The third-order valence-electron chi connectivity index (χ3n) is 6.50. The van der Waals surface area contributed by atoms with E-state index >= 15 is 0 Å². The topological polar surface area (TPSA) is 59.9 Å². The lowest BCUT2D eigenvalue weighted by Crippen LogP contribution is -2.34. The molecule has 0 heterocycles. The number of nitrogens with one attached hydrogen (secondary N) is 1. The van der Waals surface area contributed by atoms with Crippen LogP contribution < -0.4 is 14.9 Å². The maximum atomic E-state index is 12.5. The Labute approximate surface area is 153 Å². The molecule has 0 spiro atoms. The lowest BCUT2D eigenvalue weighted by molar-refractivity contribution is 0.0953. The van der Waals surface area contributed by atoms with Gasteiger partial charge in [-0.05, 0) is 42.7 Å². The molecule has 1 aromatic carbocycles. The van der Waals surface area contributed by atoms with Crippen LogP contribution in [0.5, 0.6) is 11.5 Å². The molecule has 1 aromatic rings. The monoisotopic (exact) mass is 364 g/mol. The van der Waals surface area contributed by atoms with Gasteiger partial charge in [-0.25, -0.2) is 5.43 Å². The van der Waals surface area contributed by atoms with Crippen LogP contribution in [-0.2, 0) is 0 Å². The molecule has 2 fully saturated rings. The van der Waals surface area contributed by atoms with Gasteiger partial charge in [-0.2, -0.15) is 5.10 Å². The second kappa shape index (κ2) is 6.20. The van der Waals surface area contributed by atoms with Crippen molar-refractivity contribution in [2.24, 2.45) is 21.8 Å². The van der Waals surface area contributed by atoms with E-state index in [0.29, 0.717) is 28.0 Å². The fourth-order valence-corrected chi connectivity index (χ4v) is 4.62. The Hall–Kier alpha value is -1.75. The number of hydrogen-bond acceptors (Lipinski definition) is 4. The van der Waals surface area contributed by atoms with E-state index in [0.717, 1.165) is 18.6 Å². The molecule has 2 atom stereocenters. The average molecular weight is 365 g/mol. The third-order valence-corrected chi connectivity index (χ3v) is 6.78. The van der Waals surface area contributed by atoms with E-state index < -0.39 is 0 Å². The van der Waals surface area contributed by atoms with Gasteiger partial charge in [-0.1, -0.05) is 32.4 Å². The zero-order valence-corrected chi connectivity index (χ0v) is 16.2. The molecule has 3 rings (SSSR count). The lowest BCUT2D eigenvalue weighted by atomic mass is 9.70. The van der Waals surface area contributed by atoms with Crippen LogP contribution in [0.15, 0.2) is 17.2 Å². The second-order valence-electron chi connectivity index (χ2n) is 7.69. The molecule has 25 heavy (non-hydrogen) atoms. The fraction of sp³-hybridized carbons (Fsp3) is 0.579. The number of rotatable bonds is 4. The van der Waals surface area contributed by atoms with Crippen molar-refractivity contribution >= 4 is 23.2 Å². The van der Waals surface area contributed by atoms with Gasteiger partial charge in [0.15, 0.2) is 11.5 Å². The third kappa shape index (κ3) is 2.69. The molecule has 136 valence electrons. The number of halogens is 1. The summed E-state index contributed by atoms with van der Waals surface area (Å²) in [5, 5.41) is 4.81. The van der Waals surface area contributed by atoms with Gasteiger partial charge in [0.05, 0.1) is 19.2 Å². The lowest BCUT2D eigenvalue weighted by Gasteiger charge is -2.34. The van der Waals surface area contributed by atoms with Crippen molar-refractivity contribution < 1.29 is 14.3 Å². The molecule has 2 aliphatic carbocycles. The van der Waals surface area contributed by atoms with Crippen LogP contribution in [0, 0.1) is 16.7 Å². The predicted octanol–water partition coefficient (Wildman–Crippen LogP) is 4.29. The Kier molecular flexibility index (Phi) is 4.48. The van der Waals surface area contributed by atoms with Gasteiger partial charge in [-0.3, -0.25) is 4.79 Å². The van der Waals surface area contributed by atoms with E-state index in [9.17, 15) is 4.79 Å². The molecule has 2 saturated carbocycles. The number of methoxy groups -OCH3 is 2. The highest BCUT2D eigenvalue weighted by Gasteiger charge is 2.60. The minimum Gasteiger partial charge on any atom is -0.493 e. The number of amides is 1. The Bertz CT molecular complexity index is 744. The van der Waals surface area contributed by atoms with E-state index in [4.69, 9.17) is 21.1 Å². The van der Waals surface area contributed by atoms with Crippen LogP contribution >= 0.6 is 11.6 Å². The molecular weight excluding hydrogens is 340 g/mol. The summed E-state index contributed by atoms with van der Waals surface area (Å²) in [4.78, 5) is 12.5. The Balaban J connectivity index is 1.81. The van der Waals surface area contributed by atoms with Gasteiger partial charge in [0, 0.05) is 16.7 Å². The highest BCUT2D eigenvalue weighted by Crippen LogP contribution is 2.63. The molecule has 0 unspecified atom stereocenters. The molecule has 0 aromatic heterocycles. The van der Waals surface area contributed by atoms with Gasteiger partial charge in [0.1, 0.15) is 0 Å². The predicted molar refractivity (Wildman–Crippen MR) is 98.7 cm³/mol. The maximum absolute atomic E-state index is 12.5. The minimum atomic E-state index is -0.306. The van der Waals surface area contributed by atoms with Crippen LogP contribution in [-0.4, -0.2) is 25.8 Å². The van der Waals surface area contributed by atoms with Gasteiger partial charge in [0.25, 0.3) is 5.91 Å². The van der Waals surface area contributed by atoms with Gasteiger partial charge in [0.2, 0.25) is 0 Å². The first-order valence-corrected chi connectivity index (χ1v) is 8.91.